The van der Waals surface area contributed by atoms with Gasteiger partial charge >= 0.3 is 0 Å². The number of benzene rings is 1. The Kier molecular flexibility index (Phi) is 1.07. The molecule has 0 fully saturated rings. The van der Waals surface area contributed by atoms with Gasteiger partial charge in [-0.2, -0.15) is 0 Å². The lowest BCUT2D eigenvalue weighted by molar-refractivity contribution is 0.605. The molecule has 0 bridgehead atoms. The van der Waals surface area contributed by atoms with Crippen molar-refractivity contribution >= 4 is 31.8 Å². The molecule has 0 aliphatic heterocycles. The second-order valence-electron chi connectivity index (χ2n) is 2.58. The monoisotopic (exact) mass is 175 g/mol. The highest BCUT2D eigenvalue weighted by Gasteiger charge is 2.06. The van der Waals surface area contributed by atoms with Crippen LogP contribution in [0.2, 0.25) is 0 Å². The first-order valence-electron chi connectivity index (χ1n) is 3.66. The minimum absolute atomic E-state index is 0.913. The van der Waals surface area contributed by atoms with Gasteiger partial charge in [0, 0.05) is 10.1 Å². The normalized spacial score (nSPS) is 11.3. The second-order valence-corrected chi connectivity index (χ2v) is 3.62. The van der Waals surface area contributed by atoms with Crippen molar-refractivity contribution in [3.8, 4) is 0 Å². The van der Waals surface area contributed by atoms with Crippen LogP contribution in [-0.2, 0) is 0 Å². The van der Waals surface area contributed by atoms with Crippen molar-refractivity contribution in [1.82, 2.24) is 4.98 Å². The van der Waals surface area contributed by atoms with Gasteiger partial charge in [0.25, 0.3) is 0 Å². The highest BCUT2D eigenvalue weighted by atomic mass is 32.1. The maximum atomic E-state index is 5.27. The molecular weight excluding hydrogens is 170 g/mol. The molecule has 0 saturated carbocycles. The highest BCUT2D eigenvalue weighted by Crippen LogP contribution is 2.32. The number of aromatic nitrogens is 1. The third-order valence-electron chi connectivity index (χ3n) is 1.87. The molecule has 2 heterocycles. The van der Waals surface area contributed by atoms with Gasteiger partial charge in [0.15, 0.2) is 16.8 Å². The minimum Gasteiger partial charge on any atom is -0.442 e. The molecule has 2 aromatic heterocycles. The van der Waals surface area contributed by atoms with E-state index in [9.17, 15) is 0 Å². The number of nitrogens with zero attached hydrogens (tertiary/aromatic N) is 1. The lowest BCUT2D eigenvalue weighted by atomic mass is 10.2. The van der Waals surface area contributed by atoms with Gasteiger partial charge in [-0.1, -0.05) is 12.1 Å². The van der Waals surface area contributed by atoms with Gasteiger partial charge in [0.05, 0.1) is 0 Å². The molecule has 3 rings (SSSR count). The van der Waals surface area contributed by atoms with Crippen molar-refractivity contribution in [3.63, 3.8) is 0 Å². The van der Waals surface area contributed by atoms with Crippen molar-refractivity contribution in [2.45, 2.75) is 0 Å². The van der Waals surface area contributed by atoms with Crippen LogP contribution in [-0.4, -0.2) is 4.98 Å². The summed E-state index contributed by atoms with van der Waals surface area (Å²) in [5.41, 5.74) is 0.913. The Morgan fingerprint density at radius 1 is 1.25 bits per heavy atom. The summed E-state index contributed by atoms with van der Waals surface area (Å²) in [4.78, 5) is 5.09. The van der Waals surface area contributed by atoms with Crippen molar-refractivity contribution in [2.24, 2.45) is 0 Å². The quantitative estimate of drug-likeness (QED) is 0.525. The zero-order valence-electron chi connectivity index (χ0n) is 6.15. The van der Waals surface area contributed by atoms with Crippen LogP contribution < -0.4 is 0 Å². The van der Waals surface area contributed by atoms with Crippen LogP contribution in [0.1, 0.15) is 0 Å². The van der Waals surface area contributed by atoms with Crippen LogP contribution in [0, 0.1) is 0 Å². The van der Waals surface area contributed by atoms with E-state index in [4.69, 9.17) is 4.42 Å². The van der Waals surface area contributed by atoms with Gasteiger partial charge in [-0.3, -0.25) is 0 Å². The van der Waals surface area contributed by atoms with Gasteiger partial charge in [-0.25, -0.2) is 4.98 Å². The molecule has 0 spiro atoms. The Morgan fingerprint density at radius 2 is 2.17 bits per heavy atom. The number of hydrogen-bond donors (Lipinski definition) is 0. The molecular formula is C9H5NOS. The average molecular weight is 175 g/mol. The number of oxazole rings is 1. The Balaban J connectivity index is 2.68. The molecule has 0 saturated heterocycles. The molecule has 0 aliphatic rings. The first-order valence-corrected chi connectivity index (χ1v) is 4.47. The van der Waals surface area contributed by atoms with E-state index in [-0.39, 0.29) is 0 Å². The van der Waals surface area contributed by atoms with Gasteiger partial charge in [-0.15, -0.1) is 11.3 Å². The molecule has 58 valence electrons. The Hall–Kier alpha value is -1.35. The molecule has 1 aromatic carbocycles. The summed E-state index contributed by atoms with van der Waals surface area (Å²) in [6.45, 7) is 0. The highest BCUT2D eigenvalue weighted by molar-refractivity contribution is 7.25. The molecule has 0 aliphatic carbocycles. The molecule has 0 N–H and O–H groups in total. The van der Waals surface area contributed by atoms with Crippen molar-refractivity contribution in [3.05, 3.63) is 30.7 Å². The third-order valence-corrected chi connectivity index (χ3v) is 2.93. The predicted octanol–water partition coefficient (Wildman–Crippen LogP) is 3.04. The molecule has 0 amide bonds. The Bertz CT molecular complexity index is 536. The van der Waals surface area contributed by atoms with Crippen LogP contribution in [0.3, 0.4) is 0 Å². The van der Waals surface area contributed by atoms with Crippen LogP contribution in [0.25, 0.3) is 20.5 Å². The molecule has 3 aromatic rings. The second kappa shape index (κ2) is 2.08. The molecule has 0 atom stereocenters. The number of hydrogen-bond acceptors (Lipinski definition) is 3. The van der Waals surface area contributed by atoms with Gasteiger partial charge in [0.2, 0.25) is 0 Å². The maximum Gasteiger partial charge on any atom is 0.182 e. The van der Waals surface area contributed by atoms with Crippen LogP contribution in [0.5, 0.6) is 0 Å². The van der Waals surface area contributed by atoms with E-state index in [2.05, 4.69) is 17.1 Å². The van der Waals surface area contributed by atoms with E-state index in [0.717, 1.165) is 15.8 Å². The van der Waals surface area contributed by atoms with E-state index in [1.807, 2.05) is 12.1 Å². The van der Waals surface area contributed by atoms with Crippen molar-refractivity contribution < 1.29 is 4.42 Å². The predicted molar refractivity (Wildman–Crippen MR) is 49.4 cm³/mol. The molecule has 3 heteroatoms. The number of fused-ring (bicyclic) bond motifs is 3. The van der Waals surface area contributed by atoms with Crippen LogP contribution in [0.15, 0.2) is 35.1 Å². The van der Waals surface area contributed by atoms with Crippen LogP contribution >= 0.6 is 11.3 Å². The lowest BCUT2D eigenvalue weighted by Gasteiger charge is -1.83. The smallest absolute Gasteiger partial charge is 0.182 e. The van der Waals surface area contributed by atoms with Gasteiger partial charge < -0.3 is 4.42 Å². The Labute approximate surface area is 72.4 Å². The van der Waals surface area contributed by atoms with Gasteiger partial charge in [-0.05, 0) is 12.1 Å². The first kappa shape index (κ1) is 6.20. The summed E-state index contributed by atoms with van der Waals surface area (Å²) in [6.07, 6.45) is 1.49. The van der Waals surface area contributed by atoms with Gasteiger partial charge in [0.1, 0.15) is 0 Å². The molecule has 12 heavy (non-hydrogen) atoms. The van der Waals surface area contributed by atoms with E-state index in [1.54, 1.807) is 11.3 Å². The average Bonchev–Trinajstić information content (AvgIpc) is 2.62. The topological polar surface area (TPSA) is 26.0 Å². The molecule has 0 unspecified atom stereocenters. The summed E-state index contributed by atoms with van der Waals surface area (Å²) in [5.74, 6) is 0. The summed E-state index contributed by atoms with van der Waals surface area (Å²) in [7, 11) is 0. The van der Waals surface area contributed by atoms with E-state index < -0.39 is 0 Å². The van der Waals surface area contributed by atoms with Crippen LogP contribution in [0.4, 0.5) is 0 Å². The fourth-order valence-electron chi connectivity index (χ4n) is 1.33. The number of rotatable bonds is 0. The number of thiophene rings is 1. The van der Waals surface area contributed by atoms with E-state index in [0.29, 0.717) is 0 Å². The maximum absolute atomic E-state index is 5.27. The molecule has 2 nitrogen and oxygen atoms in total. The minimum atomic E-state index is 0.913. The Morgan fingerprint density at radius 3 is 3.17 bits per heavy atom. The fourth-order valence-corrected chi connectivity index (χ4v) is 2.31. The summed E-state index contributed by atoms with van der Waals surface area (Å²) < 4.78 is 6.51. The van der Waals surface area contributed by atoms with E-state index in [1.165, 1.54) is 11.1 Å². The third kappa shape index (κ3) is 0.662. The molecule has 0 radical (unpaired) electrons. The van der Waals surface area contributed by atoms with E-state index >= 15 is 0 Å². The zero-order chi connectivity index (χ0) is 7.97. The van der Waals surface area contributed by atoms with Crippen molar-refractivity contribution in [1.29, 1.82) is 0 Å². The largest absolute Gasteiger partial charge is 0.442 e. The lowest BCUT2D eigenvalue weighted by Crippen LogP contribution is -1.59. The standard InChI is InChI=1S/C9H5NOS/c1-2-4-7-6(3-1)8-9(12-7)10-5-11-8/h1-5H. The van der Waals surface area contributed by atoms with Crippen molar-refractivity contribution in [2.75, 3.05) is 0 Å². The fraction of sp³-hybridized carbons (Fsp3) is 0. The summed E-state index contributed by atoms with van der Waals surface area (Å²) in [6, 6.07) is 8.17. The first-order chi connectivity index (χ1) is 5.95. The SMILES string of the molecule is c1ccc2c(c1)sc1ncoc12. The summed E-state index contributed by atoms with van der Waals surface area (Å²) in [5, 5.41) is 1.16. The summed E-state index contributed by atoms with van der Waals surface area (Å²) >= 11 is 1.66. The zero-order valence-corrected chi connectivity index (χ0v) is 6.97.